The molecule has 1 aliphatic rings. The number of halogens is 1. The summed E-state index contributed by atoms with van der Waals surface area (Å²) in [6, 6.07) is 15.5. The average molecular weight is 556 g/mol. The zero-order valence-electron chi connectivity index (χ0n) is 21.6. The smallest absolute Gasteiger partial charge is 0.326 e. The molecule has 1 aliphatic carbocycles. The summed E-state index contributed by atoms with van der Waals surface area (Å²) in [6.45, 7) is 0. The van der Waals surface area contributed by atoms with Crippen molar-refractivity contribution >= 4 is 21.7 Å². The molecule has 1 saturated carbocycles. The van der Waals surface area contributed by atoms with E-state index in [-0.39, 0.29) is 24.2 Å². The van der Waals surface area contributed by atoms with Crippen molar-refractivity contribution in [2.45, 2.75) is 47.8 Å². The molecule has 0 heterocycles. The van der Waals surface area contributed by atoms with Gasteiger partial charge in [-0.25, -0.2) is 17.6 Å². The predicted octanol–water partition coefficient (Wildman–Crippen LogP) is 4.41. The lowest BCUT2D eigenvalue weighted by atomic mass is 9.98. The van der Waals surface area contributed by atoms with Crippen molar-refractivity contribution in [1.29, 1.82) is 0 Å². The number of hydrogen-bond donors (Lipinski definition) is 2. The number of carboxylic acid groups (broad SMARTS) is 1. The van der Waals surface area contributed by atoms with Crippen LogP contribution in [0.1, 0.15) is 31.2 Å². The number of benzene rings is 3. The van der Waals surface area contributed by atoms with E-state index in [1.165, 1.54) is 0 Å². The third-order valence-corrected chi connectivity index (χ3v) is 9.69. The normalized spacial score (nSPS) is 15.4. The summed E-state index contributed by atoms with van der Waals surface area (Å²) >= 11 is 0. The highest BCUT2D eigenvalue weighted by molar-refractivity contribution is 7.93. The molecule has 10 heteroatoms. The fraction of sp³-hybridized carbons (Fsp3) is 0.310. The van der Waals surface area contributed by atoms with E-state index in [1.54, 1.807) is 50.6 Å². The zero-order valence-corrected chi connectivity index (χ0v) is 22.5. The van der Waals surface area contributed by atoms with Crippen LogP contribution < -0.4 is 14.8 Å². The van der Waals surface area contributed by atoms with E-state index in [9.17, 15) is 27.5 Å². The number of carbonyl (C=O) groups is 2. The maximum absolute atomic E-state index is 13.5. The lowest BCUT2D eigenvalue weighted by Crippen LogP contribution is -2.55. The van der Waals surface area contributed by atoms with Crippen LogP contribution in [-0.4, -0.2) is 50.4 Å². The summed E-state index contributed by atoms with van der Waals surface area (Å²) in [5.41, 5.74) is 2.16. The summed E-state index contributed by atoms with van der Waals surface area (Å²) in [4.78, 5) is 25.4. The van der Waals surface area contributed by atoms with E-state index in [2.05, 4.69) is 5.32 Å². The monoisotopic (exact) mass is 555 g/mol. The molecule has 2 N–H and O–H groups in total. The highest BCUT2D eigenvalue weighted by Gasteiger charge is 2.53. The van der Waals surface area contributed by atoms with Crippen molar-refractivity contribution in [3.63, 3.8) is 0 Å². The SMILES string of the molecule is COc1cccc(OC)c1-c1ccc(C[C@H](NC(=O)C2(S(=O)(=O)c3ccc(F)cc3)CCCC2)C(=O)O)cc1. The number of rotatable bonds is 10. The number of carbonyl (C=O) groups excluding carboxylic acids is 1. The average Bonchev–Trinajstić information content (AvgIpc) is 3.45. The molecule has 0 saturated heterocycles. The van der Waals surface area contributed by atoms with Gasteiger partial charge in [0.15, 0.2) is 14.6 Å². The second-order valence-corrected chi connectivity index (χ2v) is 11.7. The molecule has 1 fully saturated rings. The highest BCUT2D eigenvalue weighted by Crippen LogP contribution is 2.41. The Bertz CT molecular complexity index is 1430. The summed E-state index contributed by atoms with van der Waals surface area (Å²) in [5.74, 6) is -1.51. The van der Waals surface area contributed by atoms with Crippen LogP contribution in [-0.2, 0) is 25.8 Å². The van der Waals surface area contributed by atoms with Gasteiger partial charge < -0.3 is 19.9 Å². The van der Waals surface area contributed by atoms with Crippen LogP contribution >= 0.6 is 0 Å². The van der Waals surface area contributed by atoms with Crippen LogP contribution in [0.4, 0.5) is 4.39 Å². The van der Waals surface area contributed by atoms with Gasteiger partial charge in [-0.05, 0) is 60.4 Å². The number of nitrogens with one attached hydrogen (secondary N) is 1. The van der Waals surface area contributed by atoms with Crippen molar-refractivity contribution in [1.82, 2.24) is 5.32 Å². The fourth-order valence-corrected chi connectivity index (χ4v) is 7.15. The maximum atomic E-state index is 13.5. The van der Waals surface area contributed by atoms with Gasteiger partial charge in [-0.2, -0.15) is 0 Å². The molecule has 39 heavy (non-hydrogen) atoms. The van der Waals surface area contributed by atoms with Gasteiger partial charge in [-0.3, -0.25) is 4.79 Å². The molecule has 1 atom stereocenters. The van der Waals surface area contributed by atoms with Gasteiger partial charge in [-0.1, -0.05) is 43.2 Å². The number of sulfone groups is 1. The second-order valence-electron chi connectivity index (χ2n) is 9.46. The summed E-state index contributed by atoms with van der Waals surface area (Å²) in [6.07, 6.45) is 1.05. The minimum Gasteiger partial charge on any atom is -0.496 e. The molecule has 0 aliphatic heterocycles. The third-order valence-electron chi connectivity index (χ3n) is 7.18. The Hall–Kier alpha value is -3.92. The van der Waals surface area contributed by atoms with Crippen molar-refractivity contribution in [3.05, 3.63) is 78.1 Å². The molecule has 3 aromatic carbocycles. The zero-order chi connectivity index (χ0) is 28.2. The van der Waals surface area contributed by atoms with Crippen molar-refractivity contribution in [3.8, 4) is 22.6 Å². The van der Waals surface area contributed by atoms with Gasteiger partial charge in [0.05, 0.1) is 24.7 Å². The molecule has 0 aromatic heterocycles. The molecule has 206 valence electrons. The van der Waals surface area contributed by atoms with E-state index < -0.39 is 38.3 Å². The Balaban J connectivity index is 1.57. The van der Waals surface area contributed by atoms with Crippen LogP contribution in [0, 0.1) is 5.82 Å². The van der Waals surface area contributed by atoms with Gasteiger partial charge in [0, 0.05) is 6.42 Å². The lowest BCUT2D eigenvalue weighted by Gasteiger charge is -2.29. The first-order valence-electron chi connectivity index (χ1n) is 12.5. The van der Waals surface area contributed by atoms with Crippen LogP contribution in [0.3, 0.4) is 0 Å². The highest BCUT2D eigenvalue weighted by atomic mass is 32.2. The van der Waals surface area contributed by atoms with E-state index in [0.717, 1.165) is 35.4 Å². The standard InChI is InChI=1S/C29H30FNO7S/c1-37-24-6-5-7-25(38-2)26(24)20-10-8-19(9-11-20)18-23(27(32)33)31-28(34)29(16-3-4-17-29)39(35,36)22-14-12-21(30)13-15-22/h5-15,23H,3-4,16-18H2,1-2H3,(H,31,34)(H,32,33)/t23-/m0/s1. The minimum atomic E-state index is -4.21. The van der Waals surface area contributed by atoms with Crippen LogP contribution in [0.15, 0.2) is 71.6 Å². The summed E-state index contributed by atoms with van der Waals surface area (Å²) in [5, 5.41) is 12.4. The minimum absolute atomic E-state index is 0.0559. The molecule has 0 radical (unpaired) electrons. The fourth-order valence-electron chi connectivity index (χ4n) is 5.07. The Morgan fingerprint density at radius 2 is 1.51 bits per heavy atom. The largest absolute Gasteiger partial charge is 0.496 e. The summed E-state index contributed by atoms with van der Waals surface area (Å²) in [7, 11) is -1.09. The van der Waals surface area contributed by atoms with Crippen LogP contribution in [0.25, 0.3) is 11.1 Å². The summed E-state index contributed by atoms with van der Waals surface area (Å²) < 4.78 is 49.6. The Kier molecular flexibility index (Phi) is 8.25. The number of ether oxygens (including phenoxy) is 2. The number of carboxylic acids is 1. The number of hydrogen-bond acceptors (Lipinski definition) is 6. The van der Waals surface area contributed by atoms with Crippen molar-refractivity contribution < 1.29 is 37.0 Å². The van der Waals surface area contributed by atoms with E-state index in [0.29, 0.717) is 29.9 Å². The van der Waals surface area contributed by atoms with E-state index >= 15 is 0 Å². The second kappa shape index (κ2) is 11.4. The molecular formula is C29H30FNO7S. The van der Waals surface area contributed by atoms with Crippen molar-refractivity contribution in [2.24, 2.45) is 0 Å². The first-order chi connectivity index (χ1) is 18.6. The van der Waals surface area contributed by atoms with Gasteiger partial charge in [0.1, 0.15) is 23.4 Å². The maximum Gasteiger partial charge on any atom is 0.326 e. The van der Waals surface area contributed by atoms with E-state index in [4.69, 9.17) is 9.47 Å². The molecule has 1 amide bonds. The topological polar surface area (TPSA) is 119 Å². The van der Waals surface area contributed by atoms with Gasteiger partial charge in [-0.15, -0.1) is 0 Å². The Labute approximate surface area is 226 Å². The molecule has 0 bridgehead atoms. The van der Waals surface area contributed by atoms with Gasteiger partial charge in [0.25, 0.3) is 0 Å². The molecular weight excluding hydrogens is 525 g/mol. The first-order valence-corrected chi connectivity index (χ1v) is 14.0. The van der Waals surface area contributed by atoms with Gasteiger partial charge in [0.2, 0.25) is 5.91 Å². The van der Waals surface area contributed by atoms with E-state index in [1.807, 2.05) is 6.07 Å². The first kappa shape index (κ1) is 28.1. The lowest BCUT2D eigenvalue weighted by molar-refractivity contribution is -0.142. The predicted molar refractivity (Wildman–Crippen MR) is 143 cm³/mol. The Morgan fingerprint density at radius 3 is 2.03 bits per heavy atom. The Morgan fingerprint density at radius 1 is 0.949 bits per heavy atom. The molecule has 8 nitrogen and oxygen atoms in total. The number of methoxy groups -OCH3 is 2. The number of aliphatic carboxylic acids is 1. The number of amides is 1. The quantitative estimate of drug-likeness (QED) is 0.356. The van der Waals surface area contributed by atoms with Crippen molar-refractivity contribution in [2.75, 3.05) is 14.2 Å². The van der Waals surface area contributed by atoms with Crippen LogP contribution in [0.5, 0.6) is 11.5 Å². The van der Waals surface area contributed by atoms with Gasteiger partial charge >= 0.3 is 5.97 Å². The third kappa shape index (κ3) is 5.47. The molecule has 4 rings (SSSR count). The molecule has 0 unspecified atom stereocenters. The molecule has 3 aromatic rings. The molecule has 0 spiro atoms. The van der Waals surface area contributed by atoms with Crippen LogP contribution in [0.2, 0.25) is 0 Å².